The van der Waals surface area contributed by atoms with E-state index in [2.05, 4.69) is 11.7 Å². The van der Waals surface area contributed by atoms with Crippen LogP contribution in [0.5, 0.6) is 0 Å². The lowest BCUT2D eigenvalue weighted by Crippen LogP contribution is -2.04. The van der Waals surface area contributed by atoms with E-state index in [-0.39, 0.29) is 5.92 Å². The van der Waals surface area contributed by atoms with Crippen LogP contribution in [0.3, 0.4) is 0 Å². The molecular weight excluding hydrogens is 230 g/mol. The summed E-state index contributed by atoms with van der Waals surface area (Å²) in [7, 11) is 1.33. The Hall–Kier alpha value is -1.84. The largest absolute Gasteiger partial charge is 0.465 e. The quantitative estimate of drug-likeness (QED) is 0.507. The van der Waals surface area contributed by atoms with E-state index in [1.807, 2.05) is 6.92 Å². The van der Waals surface area contributed by atoms with Gasteiger partial charge in [0.05, 0.1) is 12.7 Å². The van der Waals surface area contributed by atoms with Crippen LogP contribution in [0.1, 0.15) is 37.0 Å². The molecule has 1 aromatic rings. The third-order valence-corrected chi connectivity index (χ3v) is 2.34. The Labute approximate surface area is 108 Å². The molecule has 18 heavy (non-hydrogen) atoms. The van der Waals surface area contributed by atoms with Crippen molar-refractivity contribution in [2.24, 2.45) is 5.92 Å². The van der Waals surface area contributed by atoms with E-state index in [1.54, 1.807) is 24.3 Å². The Morgan fingerprint density at radius 3 is 2.44 bits per heavy atom. The van der Waals surface area contributed by atoms with Gasteiger partial charge in [0, 0.05) is 11.6 Å². The third kappa shape index (κ3) is 6.03. The van der Waals surface area contributed by atoms with Gasteiger partial charge in [0.25, 0.3) is 0 Å². The summed E-state index contributed by atoms with van der Waals surface area (Å²) < 4.78 is 4.50. The number of anilines is 1. The maximum Gasteiger partial charge on any atom is 0.339 e. The summed E-state index contributed by atoms with van der Waals surface area (Å²) in [5.74, 6) is -0.131. The van der Waals surface area contributed by atoms with Gasteiger partial charge < -0.3 is 15.3 Å². The Morgan fingerprint density at radius 2 is 2.06 bits per heavy atom. The van der Waals surface area contributed by atoms with Crippen LogP contribution in [0, 0.1) is 5.92 Å². The molecule has 0 saturated carbocycles. The van der Waals surface area contributed by atoms with Gasteiger partial charge in [-0.15, -0.1) is 0 Å². The van der Waals surface area contributed by atoms with Crippen LogP contribution in [0.15, 0.2) is 24.3 Å². The Morgan fingerprint density at radius 1 is 1.44 bits per heavy atom. The molecule has 100 valence electrons. The van der Waals surface area contributed by atoms with Crippen LogP contribution in [-0.4, -0.2) is 19.4 Å². The average molecular weight is 251 g/mol. The molecule has 4 nitrogen and oxygen atoms in total. The van der Waals surface area contributed by atoms with Crippen LogP contribution in [0.25, 0.3) is 0 Å². The molecule has 1 atom stereocenters. The fourth-order valence-corrected chi connectivity index (χ4v) is 1.32. The van der Waals surface area contributed by atoms with Crippen LogP contribution in [0.2, 0.25) is 0 Å². The number of methoxy groups -OCH3 is 1. The van der Waals surface area contributed by atoms with Gasteiger partial charge in [-0.2, -0.15) is 0 Å². The number of hydrogen-bond donors (Lipinski definition) is 1. The van der Waals surface area contributed by atoms with E-state index >= 15 is 0 Å². The summed E-state index contributed by atoms with van der Waals surface area (Å²) in [5.41, 5.74) is 6.35. The van der Waals surface area contributed by atoms with Crippen molar-refractivity contribution in [3.8, 4) is 0 Å². The van der Waals surface area contributed by atoms with Crippen molar-refractivity contribution in [3.05, 3.63) is 29.8 Å². The molecule has 0 aromatic heterocycles. The van der Waals surface area contributed by atoms with Gasteiger partial charge in [-0.1, -0.05) is 32.4 Å². The van der Waals surface area contributed by atoms with Crippen molar-refractivity contribution in [2.45, 2.75) is 26.7 Å². The van der Waals surface area contributed by atoms with Crippen molar-refractivity contribution in [3.63, 3.8) is 0 Å². The molecule has 2 N–H and O–H groups in total. The van der Waals surface area contributed by atoms with Crippen molar-refractivity contribution in [1.29, 1.82) is 0 Å². The van der Waals surface area contributed by atoms with Crippen LogP contribution in [-0.2, 0) is 9.53 Å². The molecular formula is C14H21NO3. The second kappa shape index (κ2) is 9.22. The summed E-state index contributed by atoms with van der Waals surface area (Å²) in [6.07, 6.45) is 3.15. The topological polar surface area (TPSA) is 69.4 Å². The zero-order valence-electron chi connectivity index (χ0n) is 11.2. The minimum absolute atomic E-state index is 0.269. The summed E-state index contributed by atoms with van der Waals surface area (Å²) in [4.78, 5) is 20.8. The van der Waals surface area contributed by atoms with Gasteiger partial charge in [-0.05, 0) is 18.6 Å². The monoisotopic (exact) mass is 251 g/mol. The Kier molecular flexibility index (Phi) is 8.27. The normalized spacial score (nSPS) is 10.8. The van der Waals surface area contributed by atoms with Crippen LogP contribution >= 0.6 is 0 Å². The smallest absolute Gasteiger partial charge is 0.339 e. The number of nitrogen functional groups attached to an aromatic ring is 1. The lowest BCUT2D eigenvalue weighted by Gasteiger charge is -2.00. The van der Waals surface area contributed by atoms with Crippen molar-refractivity contribution in [2.75, 3.05) is 12.8 Å². The molecule has 0 bridgehead atoms. The SMILES string of the molecule is CCCC(C)C=O.COC(=O)c1ccccc1N. The summed E-state index contributed by atoms with van der Waals surface area (Å²) >= 11 is 0. The van der Waals surface area contributed by atoms with Crippen LogP contribution < -0.4 is 5.73 Å². The highest BCUT2D eigenvalue weighted by Crippen LogP contribution is 2.10. The predicted molar refractivity (Wildman–Crippen MR) is 72.3 cm³/mol. The molecule has 0 radical (unpaired) electrons. The van der Waals surface area contributed by atoms with Gasteiger partial charge in [0.1, 0.15) is 6.29 Å². The third-order valence-electron chi connectivity index (χ3n) is 2.34. The highest BCUT2D eigenvalue weighted by atomic mass is 16.5. The second-order valence-electron chi connectivity index (χ2n) is 3.98. The van der Waals surface area contributed by atoms with Crippen molar-refractivity contribution in [1.82, 2.24) is 0 Å². The number of benzene rings is 1. The number of carbonyl (C=O) groups excluding carboxylic acids is 2. The molecule has 0 fully saturated rings. The van der Waals surface area contributed by atoms with Gasteiger partial charge in [-0.25, -0.2) is 4.79 Å². The average Bonchev–Trinajstić information content (AvgIpc) is 2.39. The number of hydrogen-bond acceptors (Lipinski definition) is 4. The molecule has 0 aliphatic heterocycles. The Balaban J connectivity index is 0.000000360. The lowest BCUT2D eigenvalue weighted by atomic mass is 10.1. The highest BCUT2D eigenvalue weighted by molar-refractivity contribution is 5.94. The van der Waals surface area contributed by atoms with E-state index in [4.69, 9.17) is 5.73 Å². The first-order chi connectivity index (χ1) is 8.56. The molecule has 1 rings (SSSR count). The number of para-hydroxylation sites is 1. The van der Waals surface area contributed by atoms with Crippen molar-refractivity contribution >= 4 is 17.9 Å². The van der Waals surface area contributed by atoms with E-state index in [0.29, 0.717) is 11.3 Å². The molecule has 4 heteroatoms. The van der Waals surface area contributed by atoms with Gasteiger partial charge in [-0.3, -0.25) is 0 Å². The highest BCUT2D eigenvalue weighted by Gasteiger charge is 2.06. The maximum absolute atomic E-state index is 10.9. The molecule has 0 amide bonds. The molecule has 0 heterocycles. The lowest BCUT2D eigenvalue weighted by molar-refractivity contribution is -0.110. The zero-order valence-corrected chi connectivity index (χ0v) is 11.2. The first-order valence-corrected chi connectivity index (χ1v) is 5.94. The van der Waals surface area contributed by atoms with Gasteiger partial charge >= 0.3 is 5.97 Å². The first kappa shape index (κ1) is 16.2. The fraction of sp³-hybridized carbons (Fsp3) is 0.429. The fourth-order valence-electron chi connectivity index (χ4n) is 1.32. The van der Waals surface area contributed by atoms with Crippen LogP contribution in [0.4, 0.5) is 5.69 Å². The minimum atomic E-state index is -0.400. The standard InChI is InChI=1S/C8H9NO2.C6H12O/c1-11-8(10)6-4-2-3-5-7(6)9;1-3-4-6(2)5-7/h2-5H,9H2,1H3;5-6H,3-4H2,1-2H3. The number of aldehydes is 1. The zero-order chi connectivity index (χ0) is 14.0. The van der Waals surface area contributed by atoms with E-state index < -0.39 is 5.97 Å². The second-order valence-corrected chi connectivity index (χ2v) is 3.98. The van der Waals surface area contributed by atoms with E-state index in [9.17, 15) is 9.59 Å². The van der Waals surface area contributed by atoms with Gasteiger partial charge in [0.15, 0.2) is 0 Å². The molecule has 0 aliphatic carbocycles. The van der Waals surface area contributed by atoms with E-state index in [0.717, 1.165) is 19.1 Å². The summed E-state index contributed by atoms with van der Waals surface area (Å²) in [6.45, 7) is 4.02. The Bertz CT molecular complexity index is 377. The maximum atomic E-state index is 10.9. The first-order valence-electron chi connectivity index (χ1n) is 5.94. The summed E-state index contributed by atoms with van der Waals surface area (Å²) in [6, 6.07) is 6.79. The number of esters is 1. The predicted octanol–water partition coefficient (Wildman–Crippen LogP) is 2.68. The van der Waals surface area contributed by atoms with Gasteiger partial charge in [0.2, 0.25) is 0 Å². The number of rotatable bonds is 4. The molecule has 0 saturated heterocycles. The molecule has 0 spiro atoms. The number of nitrogens with two attached hydrogens (primary N) is 1. The molecule has 1 aromatic carbocycles. The molecule has 1 unspecified atom stereocenters. The summed E-state index contributed by atoms with van der Waals surface area (Å²) in [5, 5.41) is 0. The van der Waals surface area contributed by atoms with Crippen molar-refractivity contribution < 1.29 is 14.3 Å². The molecule has 0 aliphatic rings. The number of carbonyl (C=O) groups is 2. The van der Waals surface area contributed by atoms with E-state index in [1.165, 1.54) is 7.11 Å². The number of ether oxygens (including phenoxy) is 1. The minimum Gasteiger partial charge on any atom is -0.465 e.